The van der Waals surface area contributed by atoms with Crippen molar-refractivity contribution in [2.24, 2.45) is 5.41 Å². The Morgan fingerprint density at radius 3 is 2.55 bits per heavy atom. The number of rotatable bonds is 10. The molecule has 1 N–H and O–H groups in total. The second kappa shape index (κ2) is 11.6. The summed E-state index contributed by atoms with van der Waals surface area (Å²) in [5, 5.41) is 10.3. The fraction of sp³-hybridized carbons (Fsp3) is 0.429. The Labute approximate surface area is 217 Å². The fourth-order valence-corrected chi connectivity index (χ4v) is 5.22. The molecule has 1 unspecified atom stereocenters. The number of piperidine rings is 1. The van der Waals surface area contributed by atoms with Gasteiger partial charge in [-0.1, -0.05) is 0 Å². The van der Waals surface area contributed by atoms with Gasteiger partial charge >= 0.3 is 5.97 Å². The largest absolute Gasteiger partial charge is 0.497 e. The molecule has 1 fully saturated rings. The first-order chi connectivity index (χ1) is 18.1. The number of aryl methyl sites for hydroxylation is 1. The number of halogens is 5. The lowest BCUT2D eigenvalue weighted by molar-refractivity contribution is -0.153. The minimum Gasteiger partial charge on any atom is -0.497 e. The minimum absolute atomic E-state index is 0.0261. The molecule has 3 aromatic rings. The molecule has 5 nitrogen and oxygen atoms in total. The molecule has 38 heavy (non-hydrogen) atoms. The maximum absolute atomic E-state index is 15.4. The number of aliphatic carboxylic acids is 1. The van der Waals surface area contributed by atoms with E-state index in [0.717, 1.165) is 12.3 Å². The van der Waals surface area contributed by atoms with Crippen LogP contribution in [0.3, 0.4) is 0 Å². The number of fused-ring (bicyclic) bond motifs is 1. The van der Waals surface area contributed by atoms with E-state index in [2.05, 4.69) is 4.98 Å². The zero-order valence-corrected chi connectivity index (χ0v) is 21.0. The lowest BCUT2D eigenvalue weighted by Crippen LogP contribution is -2.44. The van der Waals surface area contributed by atoms with E-state index in [9.17, 15) is 27.5 Å². The van der Waals surface area contributed by atoms with Crippen molar-refractivity contribution in [3.63, 3.8) is 0 Å². The predicted molar refractivity (Wildman–Crippen MR) is 132 cm³/mol. The number of hydrogen-bond acceptors (Lipinski definition) is 4. The van der Waals surface area contributed by atoms with Crippen LogP contribution in [-0.4, -0.2) is 47.7 Å². The third-order valence-electron chi connectivity index (χ3n) is 7.51. The van der Waals surface area contributed by atoms with E-state index in [4.69, 9.17) is 4.74 Å². The summed E-state index contributed by atoms with van der Waals surface area (Å²) in [7, 11) is 1.45. The molecule has 4 rings (SSSR count). The van der Waals surface area contributed by atoms with Gasteiger partial charge in [0.05, 0.1) is 24.2 Å². The Hall–Kier alpha value is -3.27. The summed E-state index contributed by atoms with van der Waals surface area (Å²) < 4.78 is 76.0. The van der Waals surface area contributed by atoms with Gasteiger partial charge in [0.1, 0.15) is 23.6 Å². The second-order valence-corrected chi connectivity index (χ2v) is 9.80. The van der Waals surface area contributed by atoms with Gasteiger partial charge < -0.3 is 14.7 Å². The summed E-state index contributed by atoms with van der Waals surface area (Å²) in [5.74, 6) is -4.52. The smallest absolute Gasteiger partial charge is 0.309 e. The molecule has 0 radical (unpaired) electrons. The summed E-state index contributed by atoms with van der Waals surface area (Å²) in [6.07, 6.45) is 0.194. The second-order valence-electron chi connectivity index (χ2n) is 9.80. The van der Waals surface area contributed by atoms with Crippen molar-refractivity contribution in [1.82, 2.24) is 9.88 Å². The fourth-order valence-electron chi connectivity index (χ4n) is 5.22. The molecule has 1 saturated heterocycles. The van der Waals surface area contributed by atoms with Crippen LogP contribution in [0.4, 0.5) is 22.0 Å². The number of carboxylic acids is 1. The third kappa shape index (κ3) is 5.90. The van der Waals surface area contributed by atoms with Crippen LogP contribution in [0, 0.1) is 28.7 Å². The zero-order chi connectivity index (χ0) is 27.4. The molecule has 2 aromatic carbocycles. The van der Waals surface area contributed by atoms with E-state index in [1.807, 2.05) is 4.90 Å². The quantitative estimate of drug-likeness (QED) is 0.240. The minimum atomic E-state index is -1.73. The Morgan fingerprint density at radius 2 is 1.87 bits per heavy atom. The van der Waals surface area contributed by atoms with E-state index in [1.165, 1.54) is 13.2 Å². The number of carbonyl (C=O) groups is 1. The number of aromatic nitrogens is 1. The van der Waals surface area contributed by atoms with Gasteiger partial charge in [0.15, 0.2) is 11.6 Å². The first kappa shape index (κ1) is 27.8. The summed E-state index contributed by atoms with van der Waals surface area (Å²) in [6, 6.07) is 6.24. The van der Waals surface area contributed by atoms with Crippen LogP contribution in [0.25, 0.3) is 10.9 Å². The monoisotopic (exact) mass is 536 g/mol. The van der Waals surface area contributed by atoms with E-state index in [1.54, 1.807) is 12.1 Å². The van der Waals surface area contributed by atoms with E-state index in [0.29, 0.717) is 43.4 Å². The summed E-state index contributed by atoms with van der Waals surface area (Å²) in [5.41, 5.74) is -0.947. The zero-order valence-electron chi connectivity index (χ0n) is 21.0. The topological polar surface area (TPSA) is 62.7 Å². The van der Waals surface area contributed by atoms with Crippen LogP contribution in [0.1, 0.15) is 49.4 Å². The van der Waals surface area contributed by atoms with Crippen LogP contribution in [0.5, 0.6) is 5.75 Å². The lowest BCUT2D eigenvalue weighted by atomic mass is 9.74. The summed E-state index contributed by atoms with van der Waals surface area (Å²) in [6.45, 7) is 1.34. The SMILES string of the molecule is COc1ccc2ncc(F)c(C(F)CCC3(C(=O)O)CCN(CCCc4cc(F)cc(F)c4F)CC3)c2c1. The third-order valence-corrected chi connectivity index (χ3v) is 7.51. The van der Waals surface area contributed by atoms with Gasteiger partial charge in [0, 0.05) is 17.0 Å². The van der Waals surface area contributed by atoms with Crippen molar-refractivity contribution in [2.75, 3.05) is 26.7 Å². The molecule has 0 saturated carbocycles. The molecular formula is C28H29F5N2O3. The molecule has 1 aliphatic rings. The van der Waals surface area contributed by atoms with Crippen LogP contribution >= 0.6 is 0 Å². The Kier molecular flexibility index (Phi) is 8.50. The number of methoxy groups -OCH3 is 1. The van der Waals surface area contributed by atoms with Gasteiger partial charge in [-0.25, -0.2) is 22.0 Å². The van der Waals surface area contributed by atoms with Gasteiger partial charge in [-0.2, -0.15) is 0 Å². The van der Waals surface area contributed by atoms with Crippen molar-refractivity contribution >= 4 is 16.9 Å². The first-order valence-electron chi connectivity index (χ1n) is 12.5. The molecule has 0 amide bonds. The molecule has 0 bridgehead atoms. The Bertz CT molecular complexity index is 1310. The highest BCUT2D eigenvalue weighted by molar-refractivity contribution is 5.84. The molecule has 0 aliphatic carbocycles. The molecule has 204 valence electrons. The Morgan fingerprint density at radius 1 is 1.13 bits per heavy atom. The van der Waals surface area contributed by atoms with Gasteiger partial charge in [0.2, 0.25) is 0 Å². The highest BCUT2D eigenvalue weighted by Crippen LogP contribution is 2.41. The lowest BCUT2D eigenvalue weighted by Gasteiger charge is -2.39. The normalized spacial score (nSPS) is 16.5. The van der Waals surface area contributed by atoms with Crippen molar-refractivity contribution in [1.29, 1.82) is 0 Å². The van der Waals surface area contributed by atoms with E-state index >= 15 is 4.39 Å². The van der Waals surface area contributed by atoms with Crippen LogP contribution in [-0.2, 0) is 11.2 Å². The maximum atomic E-state index is 15.4. The van der Waals surface area contributed by atoms with Crippen LogP contribution in [0.15, 0.2) is 36.5 Å². The average Bonchev–Trinajstić information content (AvgIpc) is 2.90. The predicted octanol–water partition coefficient (Wildman–Crippen LogP) is 6.39. The van der Waals surface area contributed by atoms with Crippen molar-refractivity contribution < 1.29 is 36.6 Å². The number of alkyl halides is 1. The van der Waals surface area contributed by atoms with Crippen LogP contribution < -0.4 is 4.74 Å². The molecular weight excluding hydrogens is 507 g/mol. The number of pyridine rings is 1. The molecule has 10 heteroatoms. The number of carboxylic acid groups (broad SMARTS) is 1. The first-order valence-corrected chi connectivity index (χ1v) is 12.5. The number of nitrogens with zero attached hydrogens (tertiary/aromatic N) is 2. The van der Waals surface area contributed by atoms with Gasteiger partial charge in [-0.15, -0.1) is 0 Å². The van der Waals surface area contributed by atoms with E-state index in [-0.39, 0.29) is 48.6 Å². The highest BCUT2D eigenvalue weighted by Gasteiger charge is 2.41. The number of hydrogen-bond donors (Lipinski definition) is 1. The maximum Gasteiger partial charge on any atom is 0.309 e. The molecule has 0 spiro atoms. The van der Waals surface area contributed by atoms with Gasteiger partial charge in [-0.05, 0) is 88.0 Å². The molecule has 2 heterocycles. The number of likely N-dealkylation sites (tertiary alicyclic amines) is 1. The summed E-state index contributed by atoms with van der Waals surface area (Å²) >= 11 is 0. The van der Waals surface area contributed by atoms with Crippen molar-refractivity contribution in [2.45, 2.75) is 44.7 Å². The molecule has 1 atom stereocenters. The van der Waals surface area contributed by atoms with Crippen molar-refractivity contribution in [3.8, 4) is 5.75 Å². The number of ether oxygens (including phenoxy) is 1. The highest BCUT2D eigenvalue weighted by atomic mass is 19.2. The number of benzene rings is 2. The van der Waals surface area contributed by atoms with Gasteiger partial charge in [-0.3, -0.25) is 9.78 Å². The van der Waals surface area contributed by atoms with Gasteiger partial charge in [0.25, 0.3) is 0 Å². The Balaban J connectivity index is 1.37. The molecule has 1 aliphatic heterocycles. The van der Waals surface area contributed by atoms with E-state index < -0.39 is 40.8 Å². The van der Waals surface area contributed by atoms with Crippen LogP contribution in [0.2, 0.25) is 0 Å². The summed E-state index contributed by atoms with van der Waals surface area (Å²) in [4.78, 5) is 18.2. The standard InChI is InChI=1S/C28H29F5N2O3/c1-38-19-4-5-24-20(15-19)25(23(32)16-34-24)21(30)6-7-28(27(36)37)8-11-35(12-9-28)10-2-3-17-13-18(29)14-22(31)26(17)33/h4-5,13-16,21H,2-3,6-12H2,1H3,(H,36,37). The average molecular weight is 537 g/mol. The van der Waals surface area contributed by atoms with Crippen molar-refractivity contribution in [3.05, 3.63) is 70.9 Å². The molecule has 1 aromatic heterocycles.